The van der Waals surface area contributed by atoms with E-state index in [0.29, 0.717) is 18.1 Å². The molecule has 1 aromatic heterocycles. The van der Waals surface area contributed by atoms with E-state index in [0.717, 1.165) is 5.56 Å². The third-order valence-corrected chi connectivity index (χ3v) is 2.65. The number of nitrogens with two attached hydrogens (primary N) is 2. The van der Waals surface area contributed by atoms with Gasteiger partial charge >= 0.3 is 0 Å². The third-order valence-electron chi connectivity index (χ3n) is 2.65. The Morgan fingerprint density at radius 3 is 2.68 bits per heavy atom. The first-order chi connectivity index (χ1) is 9.16. The van der Waals surface area contributed by atoms with Crippen molar-refractivity contribution in [1.29, 1.82) is 0 Å². The molecule has 0 spiro atoms. The van der Waals surface area contributed by atoms with Crippen molar-refractivity contribution in [2.24, 2.45) is 5.73 Å². The Morgan fingerprint density at radius 1 is 1.26 bits per heavy atom. The molecule has 4 N–H and O–H groups in total. The van der Waals surface area contributed by atoms with E-state index in [1.165, 1.54) is 6.33 Å². The zero-order valence-corrected chi connectivity index (χ0v) is 10.4. The van der Waals surface area contributed by atoms with Gasteiger partial charge in [0.05, 0.1) is 6.54 Å². The van der Waals surface area contributed by atoms with E-state index in [9.17, 15) is 4.79 Å². The summed E-state index contributed by atoms with van der Waals surface area (Å²) in [5.74, 6) is 0.213. The quantitative estimate of drug-likeness (QED) is 0.762. The highest BCUT2D eigenvalue weighted by atomic mass is 16.1. The molecule has 0 aliphatic rings. The van der Waals surface area contributed by atoms with E-state index in [-0.39, 0.29) is 6.54 Å². The van der Waals surface area contributed by atoms with Gasteiger partial charge in [-0.05, 0) is 17.7 Å². The second kappa shape index (κ2) is 5.81. The van der Waals surface area contributed by atoms with Crippen LogP contribution in [0.3, 0.4) is 0 Å². The number of benzene rings is 1. The molecule has 0 bridgehead atoms. The summed E-state index contributed by atoms with van der Waals surface area (Å²) in [4.78, 5) is 20.9. The summed E-state index contributed by atoms with van der Waals surface area (Å²) in [6.45, 7) is 0.540. The Labute approximate surface area is 111 Å². The lowest BCUT2D eigenvalue weighted by Crippen LogP contribution is -2.34. The maximum Gasteiger partial charge on any atom is 0.237 e. The number of anilines is 2. The standard InChI is InChI=1S/C13H15N5O/c14-11-4-2-1-3-10(11)7-18(8-12(15)19)13-5-6-16-9-17-13/h1-6,9H,7-8,14H2,(H2,15,19). The lowest BCUT2D eigenvalue weighted by molar-refractivity contribution is -0.116. The van der Waals surface area contributed by atoms with Crippen molar-refractivity contribution in [2.75, 3.05) is 17.2 Å². The first-order valence-corrected chi connectivity index (χ1v) is 5.79. The van der Waals surface area contributed by atoms with Crippen LogP contribution in [0.5, 0.6) is 0 Å². The number of nitrogens with zero attached hydrogens (tertiary/aromatic N) is 3. The number of aromatic nitrogens is 2. The first kappa shape index (κ1) is 12.8. The monoisotopic (exact) mass is 257 g/mol. The topological polar surface area (TPSA) is 98.1 Å². The third kappa shape index (κ3) is 3.41. The maximum absolute atomic E-state index is 11.2. The van der Waals surface area contributed by atoms with Gasteiger partial charge in [-0.15, -0.1) is 0 Å². The molecule has 6 heteroatoms. The van der Waals surface area contributed by atoms with Crippen molar-refractivity contribution in [3.8, 4) is 0 Å². The van der Waals surface area contributed by atoms with Crippen LogP contribution in [0, 0.1) is 0 Å². The number of nitrogen functional groups attached to an aromatic ring is 1. The molecule has 0 radical (unpaired) electrons. The van der Waals surface area contributed by atoms with Gasteiger partial charge in [0.25, 0.3) is 0 Å². The molecule has 0 aliphatic heterocycles. The number of primary amides is 1. The SMILES string of the molecule is NC(=O)CN(Cc1ccccc1N)c1ccncn1. The molecule has 1 amide bonds. The fourth-order valence-corrected chi connectivity index (χ4v) is 1.76. The van der Waals surface area contributed by atoms with Crippen molar-refractivity contribution in [2.45, 2.75) is 6.54 Å². The van der Waals surface area contributed by atoms with Gasteiger partial charge in [-0.3, -0.25) is 4.79 Å². The lowest BCUT2D eigenvalue weighted by atomic mass is 10.1. The molecule has 98 valence electrons. The van der Waals surface area contributed by atoms with Crippen molar-refractivity contribution < 1.29 is 4.79 Å². The molecule has 1 aromatic carbocycles. The van der Waals surface area contributed by atoms with Crippen LogP contribution >= 0.6 is 0 Å². The summed E-state index contributed by atoms with van der Waals surface area (Å²) in [7, 11) is 0. The molecule has 0 saturated heterocycles. The van der Waals surface area contributed by atoms with Crippen LogP contribution < -0.4 is 16.4 Å². The summed E-state index contributed by atoms with van der Waals surface area (Å²) < 4.78 is 0. The molecule has 1 heterocycles. The molecule has 2 rings (SSSR count). The maximum atomic E-state index is 11.2. The van der Waals surface area contributed by atoms with Crippen molar-refractivity contribution in [1.82, 2.24) is 9.97 Å². The number of amides is 1. The fraction of sp³-hybridized carbons (Fsp3) is 0.154. The van der Waals surface area contributed by atoms with Crippen molar-refractivity contribution in [3.63, 3.8) is 0 Å². The highest BCUT2D eigenvalue weighted by Gasteiger charge is 2.12. The van der Waals surface area contributed by atoms with Gasteiger partial charge in [-0.2, -0.15) is 0 Å². The Kier molecular flexibility index (Phi) is 3.92. The van der Waals surface area contributed by atoms with Crippen LogP contribution in [-0.4, -0.2) is 22.4 Å². The molecular formula is C13H15N5O. The number of hydrogen-bond donors (Lipinski definition) is 2. The first-order valence-electron chi connectivity index (χ1n) is 5.79. The zero-order valence-electron chi connectivity index (χ0n) is 10.4. The van der Waals surface area contributed by atoms with Gasteiger partial charge in [-0.1, -0.05) is 18.2 Å². The minimum Gasteiger partial charge on any atom is -0.398 e. The molecule has 2 aromatic rings. The van der Waals surface area contributed by atoms with Gasteiger partial charge in [0, 0.05) is 18.4 Å². The summed E-state index contributed by atoms with van der Waals surface area (Å²) in [6.07, 6.45) is 3.04. The van der Waals surface area contributed by atoms with Gasteiger partial charge in [0.1, 0.15) is 12.1 Å². The minimum atomic E-state index is -0.423. The van der Waals surface area contributed by atoms with Crippen LogP contribution in [-0.2, 0) is 11.3 Å². The average molecular weight is 257 g/mol. The van der Waals surface area contributed by atoms with Crippen LogP contribution in [0.1, 0.15) is 5.56 Å². The summed E-state index contributed by atoms with van der Waals surface area (Å²) in [5, 5.41) is 0. The van der Waals surface area contributed by atoms with E-state index >= 15 is 0 Å². The number of carbonyl (C=O) groups excluding carboxylic acids is 1. The molecular weight excluding hydrogens is 242 g/mol. The predicted molar refractivity (Wildman–Crippen MR) is 73.1 cm³/mol. The lowest BCUT2D eigenvalue weighted by Gasteiger charge is -2.22. The largest absolute Gasteiger partial charge is 0.398 e. The molecule has 0 aliphatic carbocycles. The Morgan fingerprint density at radius 2 is 2.05 bits per heavy atom. The van der Waals surface area contributed by atoms with Gasteiger partial charge in [0.15, 0.2) is 0 Å². The number of carbonyl (C=O) groups is 1. The normalized spacial score (nSPS) is 10.1. The van der Waals surface area contributed by atoms with Crippen molar-refractivity contribution >= 4 is 17.4 Å². The Hall–Kier alpha value is -2.63. The van der Waals surface area contributed by atoms with Crippen LogP contribution in [0.15, 0.2) is 42.9 Å². The molecule has 0 unspecified atom stereocenters. The highest BCUT2D eigenvalue weighted by molar-refractivity contribution is 5.79. The number of rotatable bonds is 5. The summed E-state index contributed by atoms with van der Waals surface area (Å²) in [6, 6.07) is 9.21. The van der Waals surface area contributed by atoms with Gasteiger partial charge in [-0.25, -0.2) is 9.97 Å². The molecule has 6 nitrogen and oxygen atoms in total. The van der Waals surface area contributed by atoms with E-state index in [2.05, 4.69) is 9.97 Å². The smallest absolute Gasteiger partial charge is 0.237 e. The average Bonchev–Trinajstić information content (AvgIpc) is 2.41. The highest BCUT2D eigenvalue weighted by Crippen LogP contribution is 2.17. The second-order valence-electron chi connectivity index (χ2n) is 4.09. The second-order valence-corrected chi connectivity index (χ2v) is 4.09. The van der Waals surface area contributed by atoms with Gasteiger partial charge in [0.2, 0.25) is 5.91 Å². The van der Waals surface area contributed by atoms with E-state index < -0.39 is 5.91 Å². The number of para-hydroxylation sites is 1. The summed E-state index contributed by atoms with van der Waals surface area (Å²) >= 11 is 0. The minimum absolute atomic E-state index is 0.0747. The zero-order chi connectivity index (χ0) is 13.7. The molecule has 0 fully saturated rings. The van der Waals surface area contributed by atoms with E-state index in [1.807, 2.05) is 24.3 Å². The molecule has 0 atom stereocenters. The van der Waals surface area contributed by atoms with E-state index in [4.69, 9.17) is 11.5 Å². The molecule has 0 saturated carbocycles. The Balaban J connectivity index is 2.24. The Bertz CT molecular complexity index is 558. The number of hydrogen-bond acceptors (Lipinski definition) is 5. The van der Waals surface area contributed by atoms with E-state index in [1.54, 1.807) is 17.2 Å². The fourth-order valence-electron chi connectivity index (χ4n) is 1.76. The van der Waals surface area contributed by atoms with Crippen molar-refractivity contribution in [3.05, 3.63) is 48.4 Å². The van der Waals surface area contributed by atoms with Gasteiger partial charge < -0.3 is 16.4 Å². The predicted octanol–water partition coefficient (Wildman–Crippen LogP) is 0.551. The van der Waals surface area contributed by atoms with Crippen LogP contribution in [0.2, 0.25) is 0 Å². The van der Waals surface area contributed by atoms with Crippen LogP contribution in [0.25, 0.3) is 0 Å². The molecule has 19 heavy (non-hydrogen) atoms. The van der Waals surface area contributed by atoms with Crippen LogP contribution in [0.4, 0.5) is 11.5 Å². The summed E-state index contributed by atoms with van der Waals surface area (Å²) in [5.41, 5.74) is 12.8.